The van der Waals surface area contributed by atoms with E-state index in [0.29, 0.717) is 6.54 Å². The molecule has 0 saturated carbocycles. The molecule has 142 valence electrons. The molecule has 8 nitrogen and oxygen atoms in total. The van der Waals surface area contributed by atoms with Crippen molar-refractivity contribution in [3.63, 3.8) is 0 Å². The Morgan fingerprint density at radius 3 is 2.60 bits per heavy atom. The van der Waals surface area contributed by atoms with Gasteiger partial charge in [0.25, 0.3) is 0 Å². The van der Waals surface area contributed by atoms with Gasteiger partial charge in [0, 0.05) is 32.7 Å². The molecule has 0 aromatic carbocycles. The maximum Gasteiger partial charge on any atom is 0.315 e. The highest BCUT2D eigenvalue weighted by Crippen LogP contribution is 2.17. The highest BCUT2D eigenvalue weighted by molar-refractivity contribution is 5.77. The van der Waals surface area contributed by atoms with Crippen LogP contribution in [0.2, 0.25) is 0 Å². The third kappa shape index (κ3) is 5.98. The number of piperazine rings is 1. The maximum atomic E-state index is 12.4. The molecule has 2 rings (SSSR count). The Morgan fingerprint density at radius 1 is 1.24 bits per heavy atom. The van der Waals surface area contributed by atoms with Gasteiger partial charge in [-0.2, -0.15) is 0 Å². The van der Waals surface area contributed by atoms with Crippen LogP contribution in [0.4, 0.5) is 4.79 Å². The molecule has 2 aliphatic rings. The molecule has 0 bridgehead atoms. The first kappa shape index (κ1) is 19.7. The molecule has 2 heterocycles. The number of hydrogen-bond donors (Lipinski definition) is 3. The first-order valence-corrected chi connectivity index (χ1v) is 8.98. The van der Waals surface area contributed by atoms with Crippen molar-refractivity contribution in [2.24, 2.45) is 0 Å². The van der Waals surface area contributed by atoms with E-state index >= 15 is 0 Å². The first-order valence-electron chi connectivity index (χ1n) is 8.98. The average Bonchev–Trinajstić information content (AvgIpc) is 2.61. The Balaban J connectivity index is 1.84. The lowest BCUT2D eigenvalue weighted by Gasteiger charge is -2.35. The Morgan fingerprint density at radius 2 is 1.96 bits per heavy atom. The summed E-state index contributed by atoms with van der Waals surface area (Å²) in [7, 11) is 2.05. The maximum absolute atomic E-state index is 12.4. The molecule has 1 saturated heterocycles. The van der Waals surface area contributed by atoms with Crippen LogP contribution in [0.1, 0.15) is 19.8 Å². The zero-order chi connectivity index (χ0) is 18.2. The molecular weight excluding hydrogens is 324 g/mol. The van der Waals surface area contributed by atoms with Crippen molar-refractivity contribution in [3.8, 4) is 0 Å². The van der Waals surface area contributed by atoms with Crippen LogP contribution < -0.4 is 10.6 Å². The summed E-state index contributed by atoms with van der Waals surface area (Å²) in [5.41, 5.74) is 0. The number of urea groups is 1. The SMILES string of the molecule is CCCNC(=O)N[C@H]1C=C[C@H](CC(=O)N2CCN(C)CC2)O[C@H]1CO. The molecule has 2 aliphatic heterocycles. The lowest BCUT2D eigenvalue weighted by atomic mass is 10.0. The molecule has 8 heteroatoms. The summed E-state index contributed by atoms with van der Waals surface area (Å²) < 4.78 is 5.80. The van der Waals surface area contributed by atoms with Crippen LogP contribution in [0.25, 0.3) is 0 Å². The summed E-state index contributed by atoms with van der Waals surface area (Å²) in [5, 5.41) is 15.1. The van der Waals surface area contributed by atoms with Gasteiger partial charge in [-0.1, -0.05) is 19.1 Å². The van der Waals surface area contributed by atoms with Crippen LogP contribution in [-0.2, 0) is 9.53 Å². The van der Waals surface area contributed by atoms with Gasteiger partial charge in [-0.15, -0.1) is 0 Å². The van der Waals surface area contributed by atoms with E-state index in [0.717, 1.165) is 32.6 Å². The molecule has 0 spiro atoms. The molecular formula is C17H30N4O4. The van der Waals surface area contributed by atoms with Crippen molar-refractivity contribution in [3.05, 3.63) is 12.2 Å². The number of aliphatic hydroxyl groups excluding tert-OH is 1. The van der Waals surface area contributed by atoms with Gasteiger partial charge in [0.15, 0.2) is 0 Å². The van der Waals surface area contributed by atoms with E-state index in [-0.39, 0.29) is 31.1 Å². The number of carbonyl (C=O) groups excluding carboxylic acids is 2. The second-order valence-corrected chi connectivity index (χ2v) is 6.59. The standard InChI is InChI=1S/C17H30N4O4/c1-3-6-18-17(24)19-14-5-4-13(25-15(14)12-22)11-16(23)21-9-7-20(2)8-10-21/h4-5,13-15,22H,3,6-12H2,1-2H3,(H2,18,19,24)/t13-,14+,15+/m1/s1. The van der Waals surface area contributed by atoms with Gasteiger partial charge in [-0.25, -0.2) is 4.79 Å². The molecule has 25 heavy (non-hydrogen) atoms. The summed E-state index contributed by atoms with van der Waals surface area (Å²) >= 11 is 0. The van der Waals surface area contributed by atoms with Gasteiger partial charge in [-0.05, 0) is 13.5 Å². The third-order valence-electron chi connectivity index (χ3n) is 4.53. The van der Waals surface area contributed by atoms with E-state index in [9.17, 15) is 14.7 Å². The van der Waals surface area contributed by atoms with Crippen LogP contribution in [0, 0.1) is 0 Å². The van der Waals surface area contributed by atoms with Crippen molar-refractivity contribution >= 4 is 11.9 Å². The number of nitrogens with zero attached hydrogens (tertiary/aromatic N) is 2. The summed E-state index contributed by atoms with van der Waals surface area (Å²) in [6.45, 7) is 5.57. The Hall–Kier alpha value is -1.64. The fourth-order valence-electron chi connectivity index (χ4n) is 2.93. The van der Waals surface area contributed by atoms with Crippen molar-refractivity contribution < 1.29 is 19.4 Å². The van der Waals surface area contributed by atoms with Crippen molar-refractivity contribution in [1.29, 1.82) is 0 Å². The van der Waals surface area contributed by atoms with Crippen molar-refractivity contribution in [2.45, 2.75) is 38.0 Å². The molecule has 0 aromatic rings. The second-order valence-electron chi connectivity index (χ2n) is 6.59. The Kier molecular flexibility index (Phi) is 7.67. The number of rotatable bonds is 6. The van der Waals surface area contributed by atoms with E-state index in [1.54, 1.807) is 12.2 Å². The lowest BCUT2D eigenvalue weighted by molar-refractivity contribution is -0.137. The quantitative estimate of drug-likeness (QED) is 0.562. The monoisotopic (exact) mass is 354 g/mol. The predicted molar refractivity (Wildman–Crippen MR) is 94.2 cm³/mol. The third-order valence-corrected chi connectivity index (χ3v) is 4.53. The van der Waals surface area contributed by atoms with Gasteiger partial charge in [0.2, 0.25) is 5.91 Å². The summed E-state index contributed by atoms with van der Waals surface area (Å²) in [6, 6.07) is -0.692. The number of nitrogens with one attached hydrogen (secondary N) is 2. The Labute approximate surface area is 149 Å². The highest BCUT2D eigenvalue weighted by atomic mass is 16.5. The number of ether oxygens (including phenoxy) is 1. The van der Waals surface area contributed by atoms with E-state index in [1.807, 2.05) is 18.9 Å². The molecule has 0 aromatic heterocycles. The van der Waals surface area contributed by atoms with Gasteiger partial charge in [-0.3, -0.25) is 4.79 Å². The minimum absolute atomic E-state index is 0.0616. The fourth-order valence-corrected chi connectivity index (χ4v) is 2.93. The van der Waals surface area contributed by atoms with Crippen LogP contribution in [-0.4, -0.2) is 91.5 Å². The number of aliphatic hydroxyl groups is 1. The van der Waals surface area contributed by atoms with E-state index in [2.05, 4.69) is 15.5 Å². The summed E-state index contributed by atoms with van der Waals surface area (Å²) in [6.07, 6.45) is 3.78. The molecule has 3 atom stereocenters. The number of hydrogen-bond acceptors (Lipinski definition) is 5. The Bertz CT molecular complexity index is 477. The van der Waals surface area contributed by atoms with Crippen LogP contribution >= 0.6 is 0 Å². The van der Waals surface area contributed by atoms with E-state index in [4.69, 9.17) is 4.74 Å². The number of carbonyl (C=O) groups is 2. The van der Waals surface area contributed by atoms with Gasteiger partial charge in [0.05, 0.1) is 25.2 Å². The minimum Gasteiger partial charge on any atom is -0.394 e. The zero-order valence-electron chi connectivity index (χ0n) is 15.1. The number of likely N-dealkylation sites (N-methyl/N-ethyl adjacent to an activating group) is 1. The van der Waals surface area contributed by atoms with Crippen LogP contribution in [0.5, 0.6) is 0 Å². The largest absolute Gasteiger partial charge is 0.394 e. The van der Waals surface area contributed by atoms with Gasteiger partial charge in [0.1, 0.15) is 6.10 Å². The van der Waals surface area contributed by atoms with E-state index in [1.165, 1.54) is 0 Å². The molecule has 1 fully saturated rings. The van der Waals surface area contributed by atoms with Crippen molar-refractivity contribution in [2.75, 3.05) is 46.4 Å². The smallest absolute Gasteiger partial charge is 0.315 e. The van der Waals surface area contributed by atoms with Crippen molar-refractivity contribution in [1.82, 2.24) is 20.4 Å². The van der Waals surface area contributed by atoms with E-state index < -0.39 is 12.1 Å². The average molecular weight is 354 g/mol. The molecule has 0 unspecified atom stereocenters. The second kappa shape index (κ2) is 9.74. The molecule has 0 radical (unpaired) electrons. The topological polar surface area (TPSA) is 94.1 Å². The first-order chi connectivity index (χ1) is 12.0. The highest BCUT2D eigenvalue weighted by Gasteiger charge is 2.30. The van der Waals surface area contributed by atoms with Crippen LogP contribution in [0.3, 0.4) is 0 Å². The normalized spacial score (nSPS) is 27.2. The molecule has 3 N–H and O–H groups in total. The zero-order valence-corrected chi connectivity index (χ0v) is 15.1. The van der Waals surface area contributed by atoms with Crippen LogP contribution in [0.15, 0.2) is 12.2 Å². The van der Waals surface area contributed by atoms with Gasteiger partial charge < -0.3 is 30.3 Å². The molecule has 3 amide bonds. The summed E-state index contributed by atoms with van der Waals surface area (Å²) in [4.78, 5) is 28.2. The molecule has 0 aliphatic carbocycles. The fraction of sp³-hybridized carbons (Fsp3) is 0.765. The summed E-state index contributed by atoms with van der Waals surface area (Å²) in [5.74, 6) is 0.0616. The number of amides is 3. The lowest BCUT2D eigenvalue weighted by Crippen LogP contribution is -2.52. The van der Waals surface area contributed by atoms with Gasteiger partial charge >= 0.3 is 6.03 Å². The minimum atomic E-state index is -0.553. The predicted octanol–water partition coefficient (Wildman–Crippen LogP) is -0.456.